The number of aryl methyl sites for hydroxylation is 1. The van der Waals surface area contributed by atoms with E-state index in [2.05, 4.69) is 46.1 Å². The quantitative estimate of drug-likeness (QED) is 0.0381. The maximum Gasteiger partial charge on any atom is 0.260 e. The Kier molecular flexibility index (Phi) is 17.3. The average molecular weight is 1070 g/mol. The van der Waals surface area contributed by atoms with Crippen molar-refractivity contribution in [3.63, 3.8) is 0 Å². The zero-order valence-corrected chi connectivity index (χ0v) is 46.7. The fourth-order valence-electron chi connectivity index (χ4n) is 11.0. The van der Waals surface area contributed by atoms with Crippen LogP contribution in [0.25, 0.3) is 0 Å². The Balaban J connectivity index is 0.888. The van der Waals surface area contributed by atoms with E-state index < -0.39 is 0 Å². The van der Waals surface area contributed by atoms with Crippen molar-refractivity contribution in [3.05, 3.63) is 130 Å². The average Bonchev–Trinajstić information content (AvgIpc) is 3.94. The molecule has 9 rings (SSSR count). The first kappa shape index (κ1) is 54.3. The van der Waals surface area contributed by atoms with Gasteiger partial charge in [-0.25, -0.2) is 0 Å². The second-order valence-corrected chi connectivity index (χ2v) is 24.3. The Morgan fingerprint density at radius 3 is 1.91 bits per heavy atom. The summed E-state index contributed by atoms with van der Waals surface area (Å²) >= 11 is 0. The number of benzene rings is 5. The molecular formula is C61H72N6O7S2. The Labute approximate surface area is 456 Å². The fourth-order valence-corrected chi connectivity index (χ4v) is 13.6. The van der Waals surface area contributed by atoms with Crippen molar-refractivity contribution in [2.75, 3.05) is 71.5 Å². The predicted octanol–water partition coefficient (Wildman–Crippen LogP) is 12.1. The van der Waals surface area contributed by atoms with E-state index in [1.807, 2.05) is 117 Å². The minimum atomic E-state index is -0.168. The summed E-state index contributed by atoms with van der Waals surface area (Å²) in [6.07, 6.45) is 9.49. The standard InChI is InChI=1S/C61H72N6O7S2/c1-8-62-25-15-9-10-19-48(68)20-16-26-75-76-61(3,4)24-23-58(69)63-45-29-41(38-73-55-34-53-49(27-40(55)2)59(70)66-46(36-64(53)5)31-43-17-11-13-21-51(43)66)28-42(30-45)39-74-57-35-54-50(33-56(57)72-7)60(71)67-47(37-65(54)6)32-44-18-12-14-22-52(44)67/h8,11-14,17-18,21-22,27-30,33-35,46-47H,9-10,15-16,19-20,23-26,31-32,36-39H2,1-7H3,(H,63,69)/t46-,47+/m0/s1. The number of methoxy groups -OCH3 is 1. The molecule has 0 unspecified atom stereocenters. The number of fused-ring (bicyclic) bond motifs is 8. The van der Waals surface area contributed by atoms with Crippen LogP contribution in [0.1, 0.15) is 121 Å². The summed E-state index contributed by atoms with van der Waals surface area (Å²) in [6.45, 7) is 10.7. The summed E-state index contributed by atoms with van der Waals surface area (Å²) in [6, 6.07) is 29.8. The number of carbonyl (C=O) groups excluding carboxylic acids is 4. The van der Waals surface area contributed by atoms with E-state index in [9.17, 15) is 19.2 Å². The molecule has 4 aliphatic rings. The molecule has 0 aliphatic carbocycles. The first-order chi connectivity index (χ1) is 36.7. The second-order valence-electron chi connectivity index (χ2n) is 21.2. The summed E-state index contributed by atoms with van der Waals surface area (Å²) in [5.74, 6) is 2.64. The molecule has 400 valence electrons. The number of nitrogens with one attached hydrogen (secondary N) is 1. The van der Waals surface area contributed by atoms with Crippen molar-refractivity contribution >= 4 is 79.7 Å². The van der Waals surface area contributed by atoms with Crippen molar-refractivity contribution in [2.24, 2.45) is 4.99 Å². The Hall–Kier alpha value is -6.45. The van der Waals surface area contributed by atoms with E-state index in [1.54, 1.807) is 34.8 Å². The molecule has 0 radical (unpaired) electrons. The molecule has 4 heterocycles. The van der Waals surface area contributed by atoms with Crippen LogP contribution < -0.4 is 39.1 Å². The third kappa shape index (κ3) is 12.5. The van der Waals surface area contributed by atoms with Gasteiger partial charge in [-0.1, -0.05) is 64.4 Å². The lowest BCUT2D eigenvalue weighted by molar-refractivity contribution is -0.119. The number of hydrogen-bond acceptors (Lipinski definition) is 12. The number of ketones is 1. The number of rotatable bonds is 23. The van der Waals surface area contributed by atoms with Crippen LogP contribution in [0.5, 0.6) is 17.2 Å². The van der Waals surface area contributed by atoms with Gasteiger partial charge in [0, 0.05) is 92.7 Å². The molecule has 1 N–H and O–H groups in total. The SMILES string of the molecule is CC=NCCCCCC(=O)CCCSSC(C)(C)CCC(=O)Nc1cc(COc2cc3c(cc2C)C(=O)N2c4ccccc4C[C@H]2CN3C)cc(COc2cc3c(cc2OC)C(=O)N2c4ccccc4C[C@@H]2CN3C)c1. The number of hydrogen-bond donors (Lipinski definition) is 1. The number of aliphatic imine (C=N–C) groups is 1. The smallest absolute Gasteiger partial charge is 0.260 e. The van der Waals surface area contributed by atoms with Crippen LogP contribution in [0.4, 0.5) is 28.4 Å². The molecule has 4 aliphatic heterocycles. The molecule has 0 bridgehead atoms. The molecule has 0 saturated carbocycles. The van der Waals surface area contributed by atoms with Crippen LogP contribution in [0.3, 0.4) is 0 Å². The molecule has 0 aromatic heterocycles. The van der Waals surface area contributed by atoms with Crippen LogP contribution >= 0.6 is 21.6 Å². The van der Waals surface area contributed by atoms with E-state index >= 15 is 0 Å². The number of amides is 3. The topological polar surface area (TPSA) is 133 Å². The molecule has 13 nitrogen and oxygen atoms in total. The molecule has 0 saturated heterocycles. The maximum atomic E-state index is 14.3. The van der Waals surface area contributed by atoms with Gasteiger partial charge in [-0.2, -0.15) is 0 Å². The van der Waals surface area contributed by atoms with Gasteiger partial charge < -0.3 is 39.1 Å². The highest BCUT2D eigenvalue weighted by atomic mass is 33.1. The molecule has 5 aromatic rings. The highest BCUT2D eigenvalue weighted by Gasteiger charge is 2.41. The Morgan fingerprint density at radius 1 is 0.711 bits per heavy atom. The van der Waals surface area contributed by atoms with Crippen molar-refractivity contribution in [2.45, 2.75) is 122 Å². The Bertz CT molecular complexity index is 3000. The fraction of sp³-hybridized carbons (Fsp3) is 0.426. The van der Waals surface area contributed by atoms with Crippen LogP contribution in [-0.4, -0.2) is 93.1 Å². The van der Waals surface area contributed by atoms with Gasteiger partial charge in [0.2, 0.25) is 5.91 Å². The van der Waals surface area contributed by atoms with E-state index in [0.29, 0.717) is 78.6 Å². The monoisotopic (exact) mass is 1060 g/mol. The van der Waals surface area contributed by atoms with Gasteiger partial charge in [0.15, 0.2) is 11.5 Å². The van der Waals surface area contributed by atoms with Gasteiger partial charge in [0.1, 0.15) is 24.7 Å². The number of carbonyl (C=O) groups is 4. The van der Waals surface area contributed by atoms with Gasteiger partial charge in [-0.15, -0.1) is 0 Å². The molecule has 0 spiro atoms. The highest BCUT2D eigenvalue weighted by molar-refractivity contribution is 8.77. The van der Waals surface area contributed by atoms with Crippen LogP contribution in [0.2, 0.25) is 0 Å². The molecule has 0 fully saturated rings. The van der Waals surface area contributed by atoms with Gasteiger partial charge in [-0.05, 0) is 143 Å². The molecular weight excluding hydrogens is 993 g/mol. The van der Waals surface area contributed by atoms with Crippen LogP contribution in [-0.2, 0) is 35.6 Å². The summed E-state index contributed by atoms with van der Waals surface area (Å²) in [4.78, 5) is 67.2. The lowest BCUT2D eigenvalue weighted by Gasteiger charge is -2.25. The zero-order chi connectivity index (χ0) is 53.5. The minimum Gasteiger partial charge on any atom is -0.493 e. The van der Waals surface area contributed by atoms with E-state index in [0.717, 1.165) is 90.3 Å². The normalized spacial score (nSPS) is 16.6. The summed E-state index contributed by atoms with van der Waals surface area (Å²) in [5, 5.41) is 3.18. The molecule has 2 atom stereocenters. The van der Waals surface area contributed by atoms with Gasteiger partial charge in [0.25, 0.3) is 11.8 Å². The molecule has 15 heteroatoms. The van der Waals surface area contributed by atoms with Gasteiger partial charge >= 0.3 is 0 Å². The van der Waals surface area contributed by atoms with E-state index in [4.69, 9.17) is 14.2 Å². The van der Waals surface area contributed by atoms with Gasteiger partial charge in [-0.3, -0.25) is 24.2 Å². The number of ether oxygens (including phenoxy) is 3. The first-order valence-electron chi connectivity index (χ1n) is 26.8. The molecule has 5 aromatic carbocycles. The van der Waals surface area contributed by atoms with E-state index in [-0.39, 0.29) is 47.8 Å². The lowest BCUT2D eigenvalue weighted by atomic mass is 10.1. The summed E-state index contributed by atoms with van der Waals surface area (Å²) in [7, 11) is 9.16. The minimum absolute atomic E-state index is 0.00149. The number of para-hydroxylation sites is 2. The van der Waals surface area contributed by atoms with Crippen molar-refractivity contribution in [3.8, 4) is 17.2 Å². The second kappa shape index (κ2) is 24.3. The third-order valence-electron chi connectivity index (χ3n) is 14.9. The predicted molar refractivity (Wildman–Crippen MR) is 311 cm³/mol. The number of nitrogens with zero attached hydrogens (tertiary/aromatic N) is 5. The van der Waals surface area contributed by atoms with E-state index in [1.165, 1.54) is 11.1 Å². The third-order valence-corrected chi connectivity index (χ3v) is 18.3. The van der Waals surface area contributed by atoms with Crippen LogP contribution in [0.15, 0.2) is 96.0 Å². The Morgan fingerprint density at radius 2 is 1.29 bits per heavy atom. The maximum absolute atomic E-state index is 14.3. The van der Waals surface area contributed by atoms with Crippen molar-refractivity contribution < 1.29 is 33.4 Å². The molecule has 76 heavy (non-hydrogen) atoms. The van der Waals surface area contributed by atoms with Crippen LogP contribution in [0, 0.1) is 6.92 Å². The highest BCUT2D eigenvalue weighted by Crippen LogP contribution is 2.44. The lowest BCUT2D eigenvalue weighted by Crippen LogP contribution is -2.41. The van der Waals surface area contributed by atoms with Crippen molar-refractivity contribution in [1.82, 2.24) is 0 Å². The number of likely N-dealkylation sites (N-methyl/N-ethyl adjacent to an activating group) is 2. The number of Topliss-reactive ketones (excluding diaryl/α,β-unsaturated/α-hetero) is 1. The molecule has 3 amide bonds. The summed E-state index contributed by atoms with van der Waals surface area (Å²) in [5.41, 5.74) is 10.1. The first-order valence-corrected chi connectivity index (χ1v) is 29.1. The number of anilines is 5. The zero-order valence-electron chi connectivity index (χ0n) is 45.1. The summed E-state index contributed by atoms with van der Waals surface area (Å²) < 4.78 is 18.9. The van der Waals surface area contributed by atoms with Gasteiger partial charge in [0.05, 0.1) is 41.7 Å². The number of unbranched alkanes of at least 4 members (excludes halogenated alkanes) is 2. The van der Waals surface area contributed by atoms with Crippen molar-refractivity contribution in [1.29, 1.82) is 0 Å². The largest absolute Gasteiger partial charge is 0.493 e.